The molecule has 5 heteroatoms. The molecule has 0 radical (unpaired) electrons. The Labute approximate surface area is 86.0 Å². The fourth-order valence-corrected chi connectivity index (χ4v) is 1.96. The molecule has 1 amide bonds. The second-order valence-electron chi connectivity index (χ2n) is 4.39. The standard InChI is InChI=1S/C9H18N2O2S/c1-9(6-5-7-9)8(12)10-14(4,13)11(2)3/h5-7H2,1-4H3. The van der Waals surface area contributed by atoms with Crippen LogP contribution >= 0.6 is 0 Å². The lowest BCUT2D eigenvalue weighted by molar-refractivity contribution is -0.130. The van der Waals surface area contributed by atoms with Crippen LogP contribution in [-0.2, 0) is 14.7 Å². The van der Waals surface area contributed by atoms with Crippen LogP contribution in [-0.4, -0.2) is 34.8 Å². The van der Waals surface area contributed by atoms with Gasteiger partial charge in [-0.2, -0.15) is 0 Å². The maximum Gasteiger partial charge on any atom is 0.260 e. The first-order chi connectivity index (χ1) is 6.28. The molecule has 1 rings (SSSR count). The van der Waals surface area contributed by atoms with E-state index in [0.29, 0.717) is 0 Å². The van der Waals surface area contributed by atoms with Gasteiger partial charge in [0.15, 0.2) is 0 Å². The van der Waals surface area contributed by atoms with Crippen molar-refractivity contribution < 1.29 is 9.00 Å². The molecule has 0 bridgehead atoms. The second kappa shape index (κ2) is 3.62. The Morgan fingerprint density at radius 2 is 1.93 bits per heavy atom. The van der Waals surface area contributed by atoms with Gasteiger partial charge >= 0.3 is 0 Å². The van der Waals surface area contributed by atoms with Crippen molar-refractivity contribution in [1.29, 1.82) is 0 Å². The van der Waals surface area contributed by atoms with Gasteiger partial charge in [0.25, 0.3) is 5.91 Å². The summed E-state index contributed by atoms with van der Waals surface area (Å²) in [6, 6.07) is 0. The van der Waals surface area contributed by atoms with Gasteiger partial charge in [0.05, 0.1) is 0 Å². The molecule has 1 unspecified atom stereocenters. The Balaban J connectivity index is 2.87. The predicted molar refractivity (Wildman–Crippen MR) is 57.1 cm³/mol. The second-order valence-corrected chi connectivity index (χ2v) is 6.82. The van der Waals surface area contributed by atoms with Gasteiger partial charge in [-0.15, -0.1) is 4.36 Å². The van der Waals surface area contributed by atoms with Crippen LogP contribution in [0.15, 0.2) is 4.36 Å². The van der Waals surface area contributed by atoms with Crippen LogP contribution in [0.1, 0.15) is 26.2 Å². The first-order valence-electron chi connectivity index (χ1n) is 4.72. The van der Waals surface area contributed by atoms with E-state index in [0.717, 1.165) is 19.3 Å². The fourth-order valence-electron chi connectivity index (χ4n) is 1.27. The van der Waals surface area contributed by atoms with Gasteiger partial charge in [0, 0.05) is 25.8 Å². The van der Waals surface area contributed by atoms with Crippen molar-refractivity contribution in [2.45, 2.75) is 26.2 Å². The first-order valence-corrected chi connectivity index (χ1v) is 6.60. The molecule has 1 aliphatic rings. The minimum Gasteiger partial charge on any atom is -0.271 e. The highest BCUT2D eigenvalue weighted by Crippen LogP contribution is 2.41. The summed E-state index contributed by atoms with van der Waals surface area (Å²) in [6.45, 7) is 1.90. The van der Waals surface area contributed by atoms with Crippen LogP contribution in [0, 0.1) is 5.41 Å². The quantitative estimate of drug-likeness (QED) is 0.701. The molecule has 1 saturated carbocycles. The molecule has 82 valence electrons. The van der Waals surface area contributed by atoms with Crippen LogP contribution in [0.3, 0.4) is 0 Å². The number of hydrogen-bond donors (Lipinski definition) is 0. The van der Waals surface area contributed by atoms with E-state index in [-0.39, 0.29) is 11.3 Å². The monoisotopic (exact) mass is 218 g/mol. The zero-order valence-electron chi connectivity index (χ0n) is 9.24. The lowest BCUT2D eigenvalue weighted by Crippen LogP contribution is -2.35. The largest absolute Gasteiger partial charge is 0.271 e. The SMILES string of the molecule is CN(C)S(C)(=O)=NC(=O)C1(C)CCC1. The maximum atomic E-state index is 11.8. The summed E-state index contributed by atoms with van der Waals surface area (Å²) >= 11 is 0. The van der Waals surface area contributed by atoms with E-state index in [1.54, 1.807) is 14.1 Å². The van der Waals surface area contributed by atoms with Crippen LogP contribution in [0.2, 0.25) is 0 Å². The van der Waals surface area contributed by atoms with Gasteiger partial charge in [-0.05, 0) is 12.8 Å². The predicted octanol–water partition coefficient (Wildman–Crippen LogP) is 1.28. The molecule has 0 aromatic rings. The number of hydrogen-bond acceptors (Lipinski definition) is 2. The minimum absolute atomic E-state index is 0.204. The Bertz CT molecular complexity index is 350. The van der Waals surface area contributed by atoms with Gasteiger partial charge in [0.2, 0.25) is 0 Å². The Kier molecular flexibility index (Phi) is 3.02. The topological polar surface area (TPSA) is 49.7 Å². The fraction of sp³-hybridized carbons (Fsp3) is 0.889. The molecular weight excluding hydrogens is 200 g/mol. The molecule has 0 saturated heterocycles. The summed E-state index contributed by atoms with van der Waals surface area (Å²) in [5.41, 5.74) is -0.339. The Morgan fingerprint density at radius 3 is 2.21 bits per heavy atom. The third-order valence-corrected chi connectivity index (χ3v) is 4.76. The molecule has 0 N–H and O–H groups in total. The summed E-state index contributed by atoms with van der Waals surface area (Å²) in [4.78, 5) is 11.7. The van der Waals surface area contributed by atoms with Gasteiger partial charge in [-0.3, -0.25) is 4.79 Å². The van der Waals surface area contributed by atoms with Crippen LogP contribution in [0.5, 0.6) is 0 Å². The van der Waals surface area contributed by atoms with Gasteiger partial charge in [-0.25, -0.2) is 8.51 Å². The summed E-state index contributed by atoms with van der Waals surface area (Å²) in [5, 5.41) is 0. The van der Waals surface area contributed by atoms with E-state index in [1.807, 2.05) is 6.92 Å². The van der Waals surface area contributed by atoms with Crippen molar-refractivity contribution in [3.05, 3.63) is 0 Å². The van der Waals surface area contributed by atoms with Gasteiger partial charge < -0.3 is 0 Å². The van der Waals surface area contributed by atoms with Gasteiger partial charge in [-0.1, -0.05) is 13.3 Å². The van der Waals surface area contributed by atoms with Crippen molar-refractivity contribution in [2.24, 2.45) is 9.78 Å². The van der Waals surface area contributed by atoms with Crippen LogP contribution < -0.4 is 0 Å². The van der Waals surface area contributed by atoms with Crippen molar-refractivity contribution in [1.82, 2.24) is 4.31 Å². The van der Waals surface area contributed by atoms with Crippen LogP contribution in [0.25, 0.3) is 0 Å². The lowest BCUT2D eigenvalue weighted by atomic mass is 9.70. The molecule has 14 heavy (non-hydrogen) atoms. The summed E-state index contributed by atoms with van der Waals surface area (Å²) in [7, 11) is 0.840. The summed E-state index contributed by atoms with van der Waals surface area (Å²) in [6.07, 6.45) is 4.31. The number of rotatable bonds is 2. The van der Waals surface area contributed by atoms with Crippen molar-refractivity contribution in [3.63, 3.8) is 0 Å². The van der Waals surface area contributed by atoms with E-state index in [2.05, 4.69) is 4.36 Å². The van der Waals surface area contributed by atoms with E-state index in [9.17, 15) is 9.00 Å². The number of amides is 1. The Morgan fingerprint density at radius 1 is 1.43 bits per heavy atom. The molecule has 1 atom stereocenters. The lowest BCUT2D eigenvalue weighted by Gasteiger charge is -2.34. The molecule has 0 aromatic heterocycles. The molecule has 1 aliphatic carbocycles. The molecule has 1 fully saturated rings. The minimum atomic E-state index is -2.50. The third-order valence-electron chi connectivity index (χ3n) is 2.90. The normalized spacial score (nSPS) is 23.8. The zero-order chi connectivity index (χ0) is 11.0. The van der Waals surface area contributed by atoms with Gasteiger partial charge in [0.1, 0.15) is 9.92 Å². The number of carbonyl (C=O) groups is 1. The van der Waals surface area contributed by atoms with Crippen molar-refractivity contribution in [3.8, 4) is 0 Å². The Hall–Kier alpha value is -0.420. The first kappa shape index (κ1) is 11.7. The van der Waals surface area contributed by atoms with E-state index >= 15 is 0 Å². The molecule has 0 aliphatic heterocycles. The average molecular weight is 218 g/mol. The highest BCUT2D eigenvalue weighted by atomic mass is 32.2. The highest BCUT2D eigenvalue weighted by Gasteiger charge is 2.39. The molecule has 0 heterocycles. The highest BCUT2D eigenvalue weighted by molar-refractivity contribution is 7.90. The van der Waals surface area contributed by atoms with Crippen LogP contribution in [0.4, 0.5) is 0 Å². The van der Waals surface area contributed by atoms with Crippen molar-refractivity contribution in [2.75, 3.05) is 20.4 Å². The zero-order valence-corrected chi connectivity index (χ0v) is 10.1. The summed E-state index contributed by atoms with van der Waals surface area (Å²) < 4.78 is 17.1. The van der Waals surface area contributed by atoms with E-state index in [1.165, 1.54) is 10.6 Å². The van der Waals surface area contributed by atoms with E-state index in [4.69, 9.17) is 0 Å². The molecular formula is C9H18N2O2S. The third kappa shape index (κ3) is 2.15. The number of carbonyl (C=O) groups excluding carboxylic acids is 1. The maximum absolute atomic E-state index is 11.8. The number of nitrogens with zero attached hydrogens (tertiary/aromatic N) is 2. The summed E-state index contributed by atoms with van der Waals surface area (Å²) in [5.74, 6) is -0.204. The average Bonchev–Trinajstić information content (AvgIpc) is 1.98. The molecule has 4 nitrogen and oxygen atoms in total. The molecule has 0 aromatic carbocycles. The molecule has 0 spiro atoms. The van der Waals surface area contributed by atoms with E-state index < -0.39 is 9.92 Å². The smallest absolute Gasteiger partial charge is 0.260 e. The van der Waals surface area contributed by atoms with Crippen molar-refractivity contribution >= 4 is 15.8 Å².